The maximum atomic E-state index is 14.8. The van der Waals surface area contributed by atoms with Crippen molar-refractivity contribution in [2.75, 3.05) is 84.1 Å². The first kappa shape index (κ1) is 91.2. The van der Waals surface area contributed by atoms with E-state index in [4.69, 9.17) is 46.1 Å². The number of rotatable bonds is 20. The fourth-order valence-electron chi connectivity index (χ4n) is 20.1. The number of halogens is 3. The van der Waals surface area contributed by atoms with Gasteiger partial charge in [0.05, 0.1) is 93.9 Å². The molecule has 0 unspecified atom stereocenters. The lowest BCUT2D eigenvalue weighted by molar-refractivity contribution is -0.128. The number of aryl methyl sites for hydroxylation is 2. The number of aliphatic hydroxyl groups is 1. The van der Waals surface area contributed by atoms with Gasteiger partial charge in [0.25, 0.3) is 23.6 Å². The summed E-state index contributed by atoms with van der Waals surface area (Å²) in [6, 6.07) is 34.7. The van der Waals surface area contributed by atoms with Gasteiger partial charge in [-0.15, -0.1) is 0 Å². The monoisotopic (exact) mass is 1930 g/mol. The molecule has 24 rings (SSSR count). The molecule has 0 saturated carbocycles. The molecule has 10 aromatic heterocycles. The van der Waals surface area contributed by atoms with Crippen LogP contribution in [0.3, 0.4) is 0 Å². The molecule has 0 aliphatic carbocycles. The van der Waals surface area contributed by atoms with E-state index in [0.29, 0.717) is 146 Å². The molecule has 0 spiro atoms. The van der Waals surface area contributed by atoms with Crippen LogP contribution in [0.1, 0.15) is 137 Å². The number of methoxy groups -OCH3 is 4. The van der Waals surface area contributed by atoms with Gasteiger partial charge >= 0.3 is 0 Å². The molecule has 10 aliphatic heterocycles. The fraction of sp³-hybridized carbons (Fsp3) is 0.283. The lowest BCUT2D eigenvalue weighted by Gasteiger charge is -2.29. The van der Waals surface area contributed by atoms with Crippen molar-refractivity contribution in [3.05, 3.63) is 243 Å². The second-order valence-electron chi connectivity index (χ2n) is 36.1. The predicted molar refractivity (Wildman–Crippen MR) is 487 cm³/mol. The predicted octanol–water partition coefficient (Wildman–Crippen LogP) is 8.29. The lowest BCUT2D eigenvalue weighted by atomic mass is 9.82. The van der Waals surface area contributed by atoms with E-state index >= 15 is 0 Å². The van der Waals surface area contributed by atoms with Gasteiger partial charge in [-0.1, -0.05) is 29.4 Å². The molecule has 10 aliphatic rings. The summed E-state index contributed by atoms with van der Waals surface area (Å²) >= 11 is 0. The zero-order chi connectivity index (χ0) is 99.2. The molecule has 20 heterocycles. The van der Waals surface area contributed by atoms with Gasteiger partial charge in [0.1, 0.15) is 102 Å². The molecule has 5 atom stereocenters. The summed E-state index contributed by atoms with van der Waals surface area (Å²) < 4.78 is 95.8. The van der Waals surface area contributed by atoms with Crippen LogP contribution in [-0.4, -0.2) is 216 Å². The van der Waals surface area contributed by atoms with E-state index in [-0.39, 0.29) is 140 Å². The maximum absolute atomic E-state index is 14.8. The maximum Gasteiger partial charge on any atom is 0.257 e. The van der Waals surface area contributed by atoms with Crippen molar-refractivity contribution < 1.29 is 122 Å². The molecule has 142 heavy (non-hydrogen) atoms. The molecule has 0 radical (unpaired) electrons. The third-order valence-corrected chi connectivity index (χ3v) is 27.5. The quantitative estimate of drug-likeness (QED) is 0.0353. The topological polar surface area (TPSA) is 495 Å². The summed E-state index contributed by atoms with van der Waals surface area (Å²) in [5.74, 6) is -4.83. The Kier molecular flexibility index (Phi) is 22.3. The number of aliphatic hydroxyl groups excluding tert-OH is 1. The number of β-amino-alcohol motifs (C(OH)–C–C–N with tert-alkyl or cyclic N) is 1. The molecule has 14 aromatic rings. The number of pyridine rings is 4. The Hall–Kier alpha value is -17.3. The van der Waals surface area contributed by atoms with Gasteiger partial charge in [-0.25, -0.2) is 38.1 Å². The van der Waals surface area contributed by atoms with Gasteiger partial charge in [-0.3, -0.25) is 93.1 Å². The third-order valence-electron chi connectivity index (χ3n) is 27.5. The van der Waals surface area contributed by atoms with Crippen LogP contribution in [0.25, 0.3) is 61.5 Å². The molecule has 4 aromatic carbocycles. The highest BCUT2D eigenvalue weighted by molar-refractivity contribution is 6.14. The standard InChI is InChI=1S/C26H22N4O6.C25H23FN4O6.C24H18FN5O5.C24H19FN4O6/c1-13-23(14(2)36-29-13)18-6-7-20-19(27-18)9-21(35-20)26(10-22(31)28-25(26)33)12-30-11-15-4-5-16(34-3)8-17(15)24(30)32;1-35-17-3-2-13-10-30(23(33)21(13)22(17)26)12-25(9-20(32)28-24(25)34)18-8-15-16(36-18)4-5-19(27-15)29-7-6-14(31)11-29;1-34-16-3-2-13-10-30(22(32)20(13)21(16)25)11-24(9-19(31)28-23(24)33)17-8-14-15(35-17)4-5-18(27-14)29-7-6-26-12-29;1-34-15-3-2-12-10-28(22(32)20(12)21(15)25)11-24(9-18(30)27-23(24)33)16-8-13-14(35-16)4-5-17(26-13)29-7-6-19(29)31/h4-9H,10-12H2,1-3H3,(H,28,31,33);2-5,8,14,31H,6-7,9-12H2,1H3,(H,28,32,34);2-8,12H,9-11H2,1H3,(H,28,31,33);2-5,8H,6-7,9-11H2,1H3,(H,27,30,33)/t26-;14-,25-;2*24-/m1111/s1. The summed E-state index contributed by atoms with van der Waals surface area (Å²) in [7, 11) is 5.48. The van der Waals surface area contributed by atoms with Gasteiger partial charge in [-0.05, 0) is 121 Å². The number of aromatic nitrogens is 7. The second kappa shape index (κ2) is 34.7. The van der Waals surface area contributed by atoms with Crippen LogP contribution in [0.15, 0.2) is 168 Å². The smallest absolute Gasteiger partial charge is 0.257 e. The number of anilines is 2. The summed E-state index contributed by atoms with van der Waals surface area (Å²) in [5, 5.41) is 23.2. The van der Waals surface area contributed by atoms with Gasteiger partial charge in [0.15, 0.2) is 57.0 Å². The van der Waals surface area contributed by atoms with E-state index < -0.39 is 110 Å². The van der Waals surface area contributed by atoms with E-state index in [1.807, 2.05) is 24.8 Å². The van der Waals surface area contributed by atoms with Gasteiger partial charge in [0, 0.05) is 121 Å². The highest BCUT2D eigenvalue weighted by atomic mass is 19.1. The first-order valence-electron chi connectivity index (χ1n) is 44.8. The van der Waals surface area contributed by atoms with Crippen molar-refractivity contribution >= 4 is 133 Å². The number of ether oxygens (including phenoxy) is 4. The first-order valence-corrected chi connectivity index (χ1v) is 44.8. The molecule has 43 heteroatoms. The van der Waals surface area contributed by atoms with Crippen LogP contribution in [0.4, 0.5) is 24.8 Å². The zero-order valence-electron chi connectivity index (χ0n) is 76.3. The number of carbonyl (C=O) groups excluding carboxylic acids is 13. The third kappa shape index (κ3) is 15.3. The van der Waals surface area contributed by atoms with E-state index in [2.05, 4.69) is 46.4 Å². The number of hydrogen-bond donors (Lipinski definition) is 5. The summed E-state index contributed by atoms with van der Waals surface area (Å²) in [5.41, 5.74) is 2.34. The van der Waals surface area contributed by atoms with E-state index in [9.17, 15) is 80.6 Å². The van der Waals surface area contributed by atoms with Gasteiger partial charge in [-0.2, -0.15) is 0 Å². The lowest BCUT2D eigenvalue weighted by Crippen LogP contribution is -2.46. The minimum absolute atomic E-state index is 0.0169. The molecule has 40 nitrogen and oxygen atoms in total. The Balaban J connectivity index is 0.000000112. The van der Waals surface area contributed by atoms with Crippen molar-refractivity contribution in [1.29, 1.82) is 0 Å². The molecular formula is C99H82F3N17O23. The number of imidazole rings is 1. The number of nitrogens with one attached hydrogen (secondary N) is 4. The molecular weight excluding hydrogens is 1850 g/mol. The molecule has 6 fully saturated rings. The van der Waals surface area contributed by atoms with E-state index in [1.165, 1.54) is 66.2 Å². The number of furan rings is 4. The minimum Gasteiger partial charge on any atom is -0.497 e. The van der Waals surface area contributed by atoms with Crippen LogP contribution in [0.5, 0.6) is 23.0 Å². The van der Waals surface area contributed by atoms with E-state index in [0.717, 1.165) is 11.1 Å². The number of nitrogens with zero attached hydrogens (tertiary/aromatic N) is 13. The minimum atomic E-state index is -1.51. The van der Waals surface area contributed by atoms with Crippen LogP contribution in [0.2, 0.25) is 0 Å². The van der Waals surface area contributed by atoms with Crippen LogP contribution < -0.4 is 50.0 Å². The van der Waals surface area contributed by atoms with Crippen LogP contribution in [-0.2, 0) is 91.0 Å². The van der Waals surface area contributed by atoms with E-state index in [1.54, 1.807) is 131 Å². The molecule has 722 valence electrons. The molecule has 6 saturated heterocycles. The fourth-order valence-corrected chi connectivity index (χ4v) is 20.1. The summed E-state index contributed by atoms with van der Waals surface area (Å²) in [6.07, 6.45) is 4.86. The molecule has 0 bridgehead atoms. The SMILES string of the molecule is COc1ccc2c(c1)C(=O)N(C[C@@]1(c3cc4nc(-c5c(C)noc5C)ccc4o3)CC(=O)NC1=O)C2.COc1ccc2c(c1F)C(=O)N(C[C@@]1(c3cc4nc(-n5ccnc5)ccc4o3)CC(=O)NC1=O)C2.COc1ccc2c(c1F)C(=O)N(C[C@@]1(c3cc4nc(N5CCC5=O)ccc4o3)CC(=O)NC1=O)C2.COc1ccc2c(c1F)C(=O)N(C[C@@]1(c3cc4nc(N5CC[C@@H](O)C5)ccc4o3)CC(=O)NC1=O)C2. The van der Waals surface area contributed by atoms with Crippen molar-refractivity contribution in [2.45, 2.75) is 106 Å². The Morgan fingerprint density at radius 2 is 0.831 bits per heavy atom. The number of imide groups is 4. The average molecular weight is 1930 g/mol. The highest BCUT2D eigenvalue weighted by Crippen LogP contribution is 2.47. The Labute approximate surface area is 799 Å². The molecule has 13 amide bonds. The Bertz CT molecular complexity index is 7800. The molecule has 5 N–H and O–H groups in total. The number of carbonyl (C=O) groups is 13. The zero-order valence-corrected chi connectivity index (χ0v) is 76.3. The number of benzene rings is 4. The average Bonchev–Trinajstić information content (AvgIpc) is 1.59. The Morgan fingerprint density at radius 1 is 0.437 bits per heavy atom. The normalized spacial score (nSPS) is 21.0. The van der Waals surface area contributed by atoms with Gasteiger partial charge in [0.2, 0.25) is 53.2 Å². The number of amides is 13. The second-order valence-corrected chi connectivity index (χ2v) is 36.1. The summed E-state index contributed by atoms with van der Waals surface area (Å²) in [6.45, 7) is 5.35. The first-order chi connectivity index (χ1) is 68.3. The van der Waals surface area contributed by atoms with Crippen molar-refractivity contribution in [2.24, 2.45) is 0 Å². The van der Waals surface area contributed by atoms with Crippen molar-refractivity contribution in [1.82, 2.24) is 75.5 Å². The Morgan fingerprint density at radius 3 is 1.20 bits per heavy atom. The van der Waals surface area contributed by atoms with Crippen molar-refractivity contribution in [3.63, 3.8) is 0 Å². The van der Waals surface area contributed by atoms with Crippen molar-refractivity contribution in [3.8, 4) is 40.1 Å². The number of fused-ring (bicyclic) bond motifs is 8. The number of hydrogen-bond acceptors (Lipinski definition) is 30. The number of β-lactam (4-membered cyclic amide) rings is 1. The van der Waals surface area contributed by atoms with Gasteiger partial charge < -0.3 is 70.7 Å². The summed E-state index contributed by atoms with van der Waals surface area (Å²) in [4.78, 5) is 198. The van der Waals surface area contributed by atoms with Crippen LogP contribution >= 0.6 is 0 Å². The van der Waals surface area contributed by atoms with Crippen LogP contribution in [0, 0.1) is 31.3 Å². The largest absolute Gasteiger partial charge is 0.497 e. The highest BCUT2D eigenvalue weighted by Gasteiger charge is 2.59.